The molecule has 0 unspecified atom stereocenters. The average Bonchev–Trinajstić information content (AvgIpc) is 3.06. The summed E-state index contributed by atoms with van der Waals surface area (Å²) in [5.41, 5.74) is 2.69. The fraction of sp³-hybridized carbons (Fsp3) is 0.278. The molecule has 2 heterocycles. The highest BCUT2D eigenvalue weighted by molar-refractivity contribution is 5.59. The molecule has 0 atom stereocenters. The van der Waals surface area contributed by atoms with Gasteiger partial charge in [-0.1, -0.05) is 17.3 Å². The molecule has 6 nitrogen and oxygen atoms in total. The van der Waals surface area contributed by atoms with Gasteiger partial charge in [0.1, 0.15) is 17.2 Å². The highest BCUT2D eigenvalue weighted by atomic mass is 16.5. The summed E-state index contributed by atoms with van der Waals surface area (Å²) in [6.45, 7) is 5.75. The van der Waals surface area contributed by atoms with Crippen LogP contribution in [0.4, 0.5) is 0 Å². The summed E-state index contributed by atoms with van der Waals surface area (Å²) < 4.78 is 12.7. The zero-order valence-electron chi connectivity index (χ0n) is 13.8. The second-order valence-electron chi connectivity index (χ2n) is 5.18. The minimum atomic E-state index is 0.560. The Labute approximate surface area is 141 Å². The van der Waals surface area contributed by atoms with E-state index in [1.165, 1.54) is 0 Å². The van der Waals surface area contributed by atoms with Crippen molar-refractivity contribution in [3.05, 3.63) is 54.5 Å². The van der Waals surface area contributed by atoms with Gasteiger partial charge in [0.2, 0.25) is 0 Å². The van der Waals surface area contributed by atoms with Gasteiger partial charge in [-0.3, -0.25) is 4.98 Å². The predicted octanol–water partition coefficient (Wildman–Crippen LogP) is 3.19. The van der Waals surface area contributed by atoms with Crippen molar-refractivity contribution in [1.82, 2.24) is 20.0 Å². The highest BCUT2D eigenvalue weighted by Gasteiger charge is 2.06. The fourth-order valence-electron chi connectivity index (χ4n) is 2.34. The lowest BCUT2D eigenvalue weighted by Crippen LogP contribution is -2.02. The summed E-state index contributed by atoms with van der Waals surface area (Å²) in [5, 5.41) is 8.41. The third-order valence-electron chi connectivity index (χ3n) is 3.41. The first-order chi connectivity index (χ1) is 11.8. The molecule has 0 amide bonds. The van der Waals surface area contributed by atoms with E-state index in [-0.39, 0.29) is 0 Å². The molecule has 0 aliphatic heterocycles. The standard InChI is InChI=1S/C18H20N4O2/c1-3-23-16-7-5-6-14(10-16)18-13-22(21-20-18)12-15-8-9-17(11-19-15)24-4-2/h5-11,13H,3-4,12H2,1-2H3. The number of benzene rings is 1. The monoisotopic (exact) mass is 324 g/mol. The van der Waals surface area contributed by atoms with Crippen LogP contribution >= 0.6 is 0 Å². The maximum absolute atomic E-state index is 5.52. The van der Waals surface area contributed by atoms with E-state index in [0.29, 0.717) is 19.8 Å². The van der Waals surface area contributed by atoms with Crippen molar-refractivity contribution in [3.8, 4) is 22.8 Å². The molecule has 6 heteroatoms. The SMILES string of the molecule is CCOc1ccc(Cn2cc(-c3cccc(OCC)c3)nn2)nc1. The van der Waals surface area contributed by atoms with Crippen molar-refractivity contribution in [2.24, 2.45) is 0 Å². The minimum absolute atomic E-state index is 0.560. The van der Waals surface area contributed by atoms with Gasteiger partial charge in [-0.15, -0.1) is 5.10 Å². The Morgan fingerprint density at radius 3 is 2.58 bits per heavy atom. The molecule has 124 valence electrons. The maximum atomic E-state index is 5.52. The van der Waals surface area contributed by atoms with Crippen molar-refractivity contribution >= 4 is 0 Å². The van der Waals surface area contributed by atoms with Crippen LogP contribution in [0, 0.1) is 0 Å². The zero-order chi connectivity index (χ0) is 16.8. The zero-order valence-corrected chi connectivity index (χ0v) is 13.8. The molecule has 0 fully saturated rings. The highest BCUT2D eigenvalue weighted by Crippen LogP contribution is 2.22. The Bertz CT molecular complexity index is 784. The van der Waals surface area contributed by atoms with E-state index >= 15 is 0 Å². The third-order valence-corrected chi connectivity index (χ3v) is 3.41. The second kappa shape index (κ2) is 7.59. The number of rotatable bonds is 7. The van der Waals surface area contributed by atoms with Crippen LogP contribution in [0.2, 0.25) is 0 Å². The van der Waals surface area contributed by atoms with Crippen LogP contribution in [-0.2, 0) is 6.54 Å². The molecule has 0 spiro atoms. The Kier molecular flexibility index (Phi) is 5.05. The average molecular weight is 324 g/mol. The van der Waals surface area contributed by atoms with E-state index in [0.717, 1.165) is 28.5 Å². The first-order valence-electron chi connectivity index (χ1n) is 7.99. The van der Waals surface area contributed by atoms with Gasteiger partial charge >= 0.3 is 0 Å². The Morgan fingerprint density at radius 2 is 1.83 bits per heavy atom. The molecule has 3 rings (SSSR count). The molecule has 0 N–H and O–H groups in total. The van der Waals surface area contributed by atoms with Gasteiger partial charge in [0.25, 0.3) is 0 Å². The molecule has 0 saturated carbocycles. The summed E-state index contributed by atoms with van der Waals surface area (Å²) in [6.07, 6.45) is 3.63. The van der Waals surface area contributed by atoms with Gasteiger partial charge in [-0.25, -0.2) is 4.68 Å². The molecule has 3 aromatic rings. The van der Waals surface area contributed by atoms with E-state index in [2.05, 4.69) is 15.3 Å². The summed E-state index contributed by atoms with van der Waals surface area (Å²) in [5.74, 6) is 1.60. The number of nitrogens with zero attached hydrogens (tertiary/aromatic N) is 4. The molecular weight excluding hydrogens is 304 g/mol. The smallest absolute Gasteiger partial charge is 0.137 e. The lowest BCUT2D eigenvalue weighted by Gasteiger charge is -2.04. The Balaban J connectivity index is 1.72. The molecule has 0 bridgehead atoms. The maximum Gasteiger partial charge on any atom is 0.137 e. The topological polar surface area (TPSA) is 62.1 Å². The van der Waals surface area contributed by atoms with Gasteiger partial charge in [-0.2, -0.15) is 0 Å². The molecule has 24 heavy (non-hydrogen) atoms. The molecular formula is C18H20N4O2. The van der Waals surface area contributed by atoms with Crippen LogP contribution < -0.4 is 9.47 Å². The van der Waals surface area contributed by atoms with Crippen LogP contribution in [0.1, 0.15) is 19.5 Å². The largest absolute Gasteiger partial charge is 0.494 e. The van der Waals surface area contributed by atoms with Gasteiger partial charge in [-0.05, 0) is 38.1 Å². The number of ether oxygens (including phenoxy) is 2. The van der Waals surface area contributed by atoms with E-state index < -0.39 is 0 Å². The van der Waals surface area contributed by atoms with E-state index in [4.69, 9.17) is 9.47 Å². The van der Waals surface area contributed by atoms with Crippen molar-refractivity contribution in [2.75, 3.05) is 13.2 Å². The summed E-state index contributed by atoms with van der Waals surface area (Å²) >= 11 is 0. The van der Waals surface area contributed by atoms with Gasteiger partial charge in [0.05, 0.1) is 37.8 Å². The van der Waals surface area contributed by atoms with E-state index in [9.17, 15) is 0 Å². The number of aromatic nitrogens is 4. The van der Waals surface area contributed by atoms with Crippen molar-refractivity contribution in [1.29, 1.82) is 0 Å². The summed E-state index contributed by atoms with van der Waals surface area (Å²) in [7, 11) is 0. The molecule has 0 aliphatic carbocycles. The minimum Gasteiger partial charge on any atom is -0.494 e. The Hall–Kier alpha value is -2.89. The van der Waals surface area contributed by atoms with E-state index in [1.807, 2.05) is 56.4 Å². The van der Waals surface area contributed by atoms with Crippen LogP contribution in [-0.4, -0.2) is 33.2 Å². The first-order valence-corrected chi connectivity index (χ1v) is 7.99. The third kappa shape index (κ3) is 3.90. The number of pyridine rings is 1. The summed E-state index contributed by atoms with van der Waals surface area (Å²) in [4.78, 5) is 4.38. The van der Waals surface area contributed by atoms with Crippen molar-refractivity contribution < 1.29 is 9.47 Å². The first kappa shape index (κ1) is 16.0. The molecule has 0 saturated heterocycles. The molecule has 1 aromatic carbocycles. The van der Waals surface area contributed by atoms with Crippen molar-refractivity contribution in [3.63, 3.8) is 0 Å². The number of hydrogen-bond acceptors (Lipinski definition) is 5. The van der Waals surface area contributed by atoms with Crippen LogP contribution in [0.25, 0.3) is 11.3 Å². The van der Waals surface area contributed by atoms with Gasteiger partial charge in [0.15, 0.2) is 0 Å². The molecule has 0 radical (unpaired) electrons. The van der Waals surface area contributed by atoms with Gasteiger partial charge in [0, 0.05) is 5.56 Å². The lowest BCUT2D eigenvalue weighted by molar-refractivity contribution is 0.338. The molecule has 0 aliphatic rings. The Morgan fingerprint density at radius 1 is 1.00 bits per heavy atom. The van der Waals surface area contributed by atoms with Crippen LogP contribution in [0.5, 0.6) is 11.5 Å². The normalized spacial score (nSPS) is 10.6. The van der Waals surface area contributed by atoms with Crippen LogP contribution in [0.15, 0.2) is 48.8 Å². The lowest BCUT2D eigenvalue weighted by atomic mass is 10.1. The molecule has 2 aromatic heterocycles. The predicted molar refractivity (Wildman–Crippen MR) is 91.1 cm³/mol. The summed E-state index contributed by atoms with van der Waals surface area (Å²) in [6, 6.07) is 11.7. The quantitative estimate of drug-likeness (QED) is 0.668. The van der Waals surface area contributed by atoms with Gasteiger partial charge < -0.3 is 9.47 Å². The second-order valence-corrected chi connectivity index (χ2v) is 5.18. The van der Waals surface area contributed by atoms with E-state index in [1.54, 1.807) is 10.9 Å². The fourth-order valence-corrected chi connectivity index (χ4v) is 2.34. The van der Waals surface area contributed by atoms with Crippen molar-refractivity contribution in [2.45, 2.75) is 20.4 Å². The van der Waals surface area contributed by atoms with Crippen LogP contribution in [0.3, 0.4) is 0 Å². The number of hydrogen-bond donors (Lipinski definition) is 0.